The molecule has 1 aliphatic carbocycles. The summed E-state index contributed by atoms with van der Waals surface area (Å²) in [5.41, 5.74) is 2.67. The Morgan fingerprint density at radius 3 is 2.63 bits per heavy atom. The normalized spacial score (nSPS) is 16.0. The van der Waals surface area contributed by atoms with Gasteiger partial charge in [-0.3, -0.25) is 14.4 Å². The molecule has 8 nitrogen and oxygen atoms in total. The Labute approximate surface area is 173 Å². The van der Waals surface area contributed by atoms with Crippen molar-refractivity contribution >= 4 is 11.8 Å². The van der Waals surface area contributed by atoms with Gasteiger partial charge in [0.1, 0.15) is 0 Å². The van der Waals surface area contributed by atoms with Gasteiger partial charge in [0.25, 0.3) is 5.91 Å². The average Bonchev–Trinajstić information content (AvgIpc) is 3.09. The molecule has 30 heavy (non-hydrogen) atoms. The highest BCUT2D eigenvalue weighted by atomic mass is 16.7. The van der Waals surface area contributed by atoms with E-state index < -0.39 is 17.4 Å². The predicted molar refractivity (Wildman–Crippen MR) is 109 cm³/mol. The minimum atomic E-state index is -0.471. The summed E-state index contributed by atoms with van der Waals surface area (Å²) in [5, 5.41) is 5.42. The maximum Gasteiger partial charge on any atom is 0.254 e. The van der Waals surface area contributed by atoms with Crippen LogP contribution in [0.2, 0.25) is 0 Å². The van der Waals surface area contributed by atoms with Crippen LogP contribution in [-0.4, -0.2) is 32.8 Å². The summed E-state index contributed by atoms with van der Waals surface area (Å²) >= 11 is 0. The lowest BCUT2D eigenvalue weighted by molar-refractivity contribution is -0.119. The molecule has 0 saturated carbocycles. The number of amides is 2. The molecule has 0 fully saturated rings. The fourth-order valence-electron chi connectivity index (χ4n) is 4.06. The number of methoxy groups -OCH3 is 1. The maximum absolute atomic E-state index is 12.8. The van der Waals surface area contributed by atoms with Crippen molar-refractivity contribution in [2.45, 2.75) is 25.8 Å². The van der Waals surface area contributed by atoms with Gasteiger partial charge in [0, 0.05) is 19.5 Å². The molecule has 156 valence electrons. The zero-order valence-electron chi connectivity index (χ0n) is 17.0. The first kappa shape index (κ1) is 19.8. The van der Waals surface area contributed by atoms with Crippen molar-refractivity contribution < 1.29 is 23.8 Å². The van der Waals surface area contributed by atoms with Gasteiger partial charge in [-0.05, 0) is 47.7 Å². The number of aryl methyl sites for hydroxylation is 1. The molecule has 2 N–H and O–H groups in total. The third kappa shape index (κ3) is 3.24. The Balaban J connectivity index is 2.04. The molecular formula is C22H22N2O6. The van der Waals surface area contributed by atoms with E-state index in [1.807, 2.05) is 6.07 Å². The van der Waals surface area contributed by atoms with Gasteiger partial charge < -0.3 is 24.8 Å². The molecule has 0 radical (unpaired) electrons. The summed E-state index contributed by atoms with van der Waals surface area (Å²) in [6, 6.07) is 6.17. The number of rotatable bonds is 3. The van der Waals surface area contributed by atoms with Crippen LogP contribution in [0, 0.1) is 0 Å². The Morgan fingerprint density at radius 1 is 1.17 bits per heavy atom. The Hall–Kier alpha value is -3.55. The van der Waals surface area contributed by atoms with Gasteiger partial charge in [-0.25, -0.2) is 0 Å². The highest BCUT2D eigenvalue weighted by molar-refractivity contribution is 5.94. The van der Waals surface area contributed by atoms with Crippen molar-refractivity contribution in [1.29, 1.82) is 0 Å². The monoisotopic (exact) mass is 410 g/mol. The molecular weight excluding hydrogens is 388 g/mol. The lowest BCUT2D eigenvalue weighted by atomic mass is 9.95. The molecule has 2 amide bonds. The lowest BCUT2D eigenvalue weighted by Gasteiger charge is -2.17. The van der Waals surface area contributed by atoms with E-state index in [1.165, 1.54) is 26.1 Å². The van der Waals surface area contributed by atoms with Crippen LogP contribution in [0.25, 0.3) is 11.1 Å². The molecule has 2 aromatic rings. The summed E-state index contributed by atoms with van der Waals surface area (Å²) in [7, 11) is 3.03. The van der Waals surface area contributed by atoms with E-state index in [9.17, 15) is 14.4 Å². The van der Waals surface area contributed by atoms with Crippen molar-refractivity contribution in [2.24, 2.45) is 0 Å². The Kier molecular flexibility index (Phi) is 5.07. The summed E-state index contributed by atoms with van der Waals surface area (Å²) < 4.78 is 16.9. The molecule has 1 atom stereocenters. The second-order valence-electron chi connectivity index (χ2n) is 7.17. The molecule has 1 heterocycles. The van der Waals surface area contributed by atoms with Crippen LogP contribution < -0.4 is 30.3 Å². The van der Waals surface area contributed by atoms with Gasteiger partial charge in [0.2, 0.25) is 18.4 Å². The number of carbonyl (C=O) groups excluding carboxylic acids is 2. The molecule has 8 heteroatoms. The number of nitrogens with one attached hydrogen (secondary N) is 2. The van der Waals surface area contributed by atoms with E-state index in [2.05, 4.69) is 10.6 Å². The van der Waals surface area contributed by atoms with Gasteiger partial charge >= 0.3 is 0 Å². The van der Waals surface area contributed by atoms with Gasteiger partial charge in [0.05, 0.1) is 18.7 Å². The zero-order valence-corrected chi connectivity index (χ0v) is 17.0. The van der Waals surface area contributed by atoms with Crippen LogP contribution >= 0.6 is 0 Å². The van der Waals surface area contributed by atoms with Crippen LogP contribution in [0.1, 0.15) is 40.9 Å². The summed E-state index contributed by atoms with van der Waals surface area (Å²) in [4.78, 5) is 36.9. The second-order valence-corrected chi connectivity index (χ2v) is 7.17. The van der Waals surface area contributed by atoms with Crippen LogP contribution in [0.4, 0.5) is 0 Å². The van der Waals surface area contributed by atoms with Crippen molar-refractivity contribution in [3.63, 3.8) is 0 Å². The van der Waals surface area contributed by atoms with Crippen LogP contribution in [0.5, 0.6) is 17.2 Å². The summed E-state index contributed by atoms with van der Waals surface area (Å²) in [5.74, 6) is 0.928. The highest BCUT2D eigenvalue weighted by Gasteiger charge is 2.32. The molecule has 0 saturated heterocycles. The van der Waals surface area contributed by atoms with Gasteiger partial charge in [-0.1, -0.05) is 6.07 Å². The van der Waals surface area contributed by atoms with Gasteiger partial charge in [-0.15, -0.1) is 0 Å². The molecule has 2 aromatic carbocycles. The third-order valence-corrected chi connectivity index (χ3v) is 5.39. The van der Waals surface area contributed by atoms with E-state index in [0.717, 1.165) is 11.1 Å². The number of hydrogen-bond donors (Lipinski definition) is 2. The molecule has 0 spiro atoms. The molecule has 0 aromatic heterocycles. The summed E-state index contributed by atoms with van der Waals surface area (Å²) in [6.07, 6.45) is 1.20. The van der Waals surface area contributed by atoms with Crippen LogP contribution in [0.3, 0.4) is 0 Å². The van der Waals surface area contributed by atoms with Crippen molar-refractivity contribution in [1.82, 2.24) is 10.6 Å². The lowest BCUT2D eigenvalue weighted by Crippen LogP contribution is -2.27. The first-order valence-electron chi connectivity index (χ1n) is 9.61. The Bertz CT molecular complexity index is 1110. The average molecular weight is 410 g/mol. The number of carbonyl (C=O) groups is 2. The maximum atomic E-state index is 12.8. The fourth-order valence-corrected chi connectivity index (χ4v) is 4.06. The predicted octanol–water partition coefficient (Wildman–Crippen LogP) is 1.93. The first-order valence-corrected chi connectivity index (χ1v) is 9.61. The van der Waals surface area contributed by atoms with E-state index in [4.69, 9.17) is 14.2 Å². The minimum absolute atomic E-state index is 0.0241. The smallest absolute Gasteiger partial charge is 0.254 e. The molecule has 0 unspecified atom stereocenters. The van der Waals surface area contributed by atoms with E-state index in [-0.39, 0.29) is 18.3 Å². The number of fused-ring (bicyclic) bond motifs is 5. The molecule has 4 rings (SSSR count). The topological polar surface area (TPSA) is 103 Å². The van der Waals surface area contributed by atoms with Gasteiger partial charge in [-0.2, -0.15) is 0 Å². The quantitative estimate of drug-likeness (QED) is 0.802. The fraction of sp³-hybridized carbons (Fsp3) is 0.318. The minimum Gasteiger partial charge on any atom is -0.493 e. The standard InChI is InChI=1S/C22H22N2O6/c1-11(25)24-16-7-4-12-8-18(28-3)20-21(30-10-29-20)19(12)13-5-6-14(22(27)23-2)17(26)9-15(13)16/h5-6,8-9,16H,4,7,10H2,1-3H3,(H,23,27)(H,24,25)/t16-/m0/s1. The number of hydrogen-bond acceptors (Lipinski definition) is 6. The van der Waals surface area contributed by atoms with Crippen molar-refractivity contribution in [3.8, 4) is 28.4 Å². The van der Waals surface area contributed by atoms with E-state index in [1.54, 1.807) is 13.2 Å². The van der Waals surface area contributed by atoms with E-state index in [0.29, 0.717) is 41.2 Å². The molecule has 2 aliphatic rings. The van der Waals surface area contributed by atoms with Crippen molar-refractivity contribution in [3.05, 3.63) is 51.2 Å². The molecule has 0 bridgehead atoms. The summed E-state index contributed by atoms with van der Waals surface area (Å²) in [6.45, 7) is 1.49. The third-order valence-electron chi connectivity index (χ3n) is 5.39. The SMILES string of the molecule is CNC(=O)c1ccc2c(cc1=O)[C@@H](NC(C)=O)CCc1cc(OC)c3c(c1-2)OCO3. The highest BCUT2D eigenvalue weighted by Crippen LogP contribution is 2.52. The first-order chi connectivity index (χ1) is 14.4. The van der Waals surface area contributed by atoms with Crippen LogP contribution in [-0.2, 0) is 11.2 Å². The van der Waals surface area contributed by atoms with E-state index >= 15 is 0 Å². The molecule has 1 aliphatic heterocycles. The number of benzene rings is 1. The Morgan fingerprint density at radius 2 is 1.93 bits per heavy atom. The second kappa shape index (κ2) is 7.70. The largest absolute Gasteiger partial charge is 0.493 e. The zero-order chi connectivity index (χ0) is 21.4. The number of ether oxygens (including phenoxy) is 3. The van der Waals surface area contributed by atoms with Gasteiger partial charge in [0.15, 0.2) is 16.9 Å². The van der Waals surface area contributed by atoms with Crippen molar-refractivity contribution in [2.75, 3.05) is 21.0 Å². The van der Waals surface area contributed by atoms with Crippen LogP contribution in [0.15, 0.2) is 29.1 Å².